The molecule has 0 aromatic heterocycles. The molecule has 0 heterocycles. The lowest BCUT2D eigenvalue weighted by Gasteiger charge is -2.24. The van der Waals surface area contributed by atoms with Crippen molar-refractivity contribution in [2.75, 3.05) is 5.73 Å². The first-order valence-corrected chi connectivity index (χ1v) is 6.32. The van der Waals surface area contributed by atoms with E-state index in [0.717, 1.165) is 18.4 Å². The van der Waals surface area contributed by atoms with E-state index in [2.05, 4.69) is 5.32 Å². The van der Waals surface area contributed by atoms with Crippen molar-refractivity contribution in [1.29, 1.82) is 0 Å². The molecule has 104 valence electrons. The number of ether oxygens (including phenoxy) is 1. The van der Waals surface area contributed by atoms with Crippen LogP contribution in [-0.2, 0) is 10.3 Å². The molecule has 5 heteroatoms. The van der Waals surface area contributed by atoms with Crippen LogP contribution in [0.1, 0.15) is 39.2 Å². The number of benzene rings is 1. The molecule has 1 aliphatic rings. The zero-order valence-corrected chi connectivity index (χ0v) is 11.5. The molecule has 1 saturated carbocycles. The number of nitrogen functional groups attached to an aromatic ring is 1. The second kappa shape index (κ2) is 4.33. The van der Waals surface area contributed by atoms with Crippen molar-refractivity contribution in [3.8, 4) is 5.75 Å². The molecule has 0 aliphatic heterocycles. The van der Waals surface area contributed by atoms with E-state index in [9.17, 15) is 9.90 Å². The second-order valence-corrected chi connectivity index (χ2v) is 5.98. The largest absolute Gasteiger partial charge is 0.506 e. The summed E-state index contributed by atoms with van der Waals surface area (Å²) in [6.07, 6.45) is 1.25. The van der Waals surface area contributed by atoms with Gasteiger partial charge in [-0.2, -0.15) is 0 Å². The molecular weight excluding hydrogens is 244 g/mol. The van der Waals surface area contributed by atoms with Gasteiger partial charge in [-0.05, 0) is 51.3 Å². The predicted molar refractivity (Wildman–Crippen MR) is 72.8 cm³/mol. The number of hydrogen-bond acceptors (Lipinski definition) is 4. The Labute approximate surface area is 112 Å². The third-order valence-electron chi connectivity index (χ3n) is 3.07. The van der Waals surface area contributed by atoms with Crippen molar-refractivity contribution in [1.82, 2.24) is 5.32 Å². The normalized spacial score (nSPS) is 16.8. The SMILES string of the molecule is CC(C)(C)OC(=O)NC1(c2ccc(O)c(N)c2)CC1. The number of nitrogens with two attached hydrogens (primary N) is 1. The van der Waals surface area contributed by atoms with E-state index in [1.165, 1.54) is 0 Å². The second-order valence-electron chi connectivity index (χ2n) is 5.98. The standard InChI is InChI=1S/C14H20N2O3/c1-13(2,3)19-12(18)16-14(6-7-14)9-4-5-11(17)10(15)8-9/h4-5,8,17H,6-7,15H2,1-3H3,(H,16,18). The van der Waals surface area contributed by atoms with Crippen molar-refractivity contribution in [2.45, 2.75) is 44.8 Å². The summed E-state index contributed by atoms with van der Waals surface area (Å²) in [4.78, 5) is 11.8. The number of hydrogen-bond donors (Lipinski definition) is 3. The highest BCUT2D eigenvalue weighted by Crippen LogP contribution is 2.46. The van der Waals surface area contributed by atoms with Gasteiger partial charge in [-0.25, -0.2) is 4.79 Å². The van der Waals surface area contributed by atoms with Gasteiger partial charge in [-0.15, -0.1) is 0 Å². The lowest BCUT2D eigenvalue weighted by atomic mass is 10.0. The maximum Gasteiger partial charge on any atom is 0.408 e. The van der Waals surface area contributed by atoms with Gasteiger partial charge >= 0.3 is 6.09 Å². The fourth-order valence-corrected chi connectivity index (χ4v) is 1.96. The van der Waals surface area contributed by atoms with Gasteiger partial charge in [0.05, 0.1) is 11.2 Å². The minimum atomic E-state index is -0.520. The lowest BCUT2D eigenvalue weighted by Crippen LogP contribution is -2.39. The molecule has 0 radical (unpaired) electrons. The summed E-state index contributed by atoms with van der Waals surface area (Å²) in [6.45, 7) is 5.47. The van der Waals surface area contributed by atoms with Crippen LogP contribution in [0.5, 0.6) is 5.75 Å². The summed E-state index contributed by atoms with van der Waals surface area (Å²) >= 11 is 0. The molecule has 19 heavy (non-hydrogen) atoms. The molecule has 4 N–H and O–H groups in total. The summed E-state index contributed by atoms with van der Waals surface area (Å²) in [5, 5.41) is 12.3. The lowest BCUT2D eigenvalue weighted by molar-refractivity contribution is 0.0495. The average molecular weight is 264 g/mol. The summed E-state index contributed by atoms with van der Waals surface area (Å²) < 4.78 is 5.26. The van der Waals surface area contributed by atoms with Gasteiger partial charge in [0.25, 0.3) is 0 Å². The van der Waals surface area contributed by atoms with Crippen LogP contribution in [0.2, 0.25) is 0 Å². The summed E-state index contributed by atoms with van der Waals surface area (Å²) in [5.74, 6) is 0.0526. The number of rotatable bonds is 2. The van der Waals surface area contributed by atoms with E-state index in [1.807, 2.05) is 20.8 Å². The van der Waals surface area contributed by atoms with Gasteiger partial charge in [-0.1, -0.05) is 6.07 Å². The Morgan fingerprint density at radius 3 is 2.53 bits per heavy atom. The van der Waals surface area contributed by atoms with Crippen molar-refractivity contribution in [3.05, 3.63) is 23.8 Å². The quantitative estimate of drug-likeness (QED) is 0.566. The van der Waals surface area contributed by atoms with Gasteiger partial charge in [0.2, 0.25) is 0 Å². The van der Waals surface area contributed by atoms with E-state index in [0.29, 0.717) is 5.69 Å². The molecule has 2 rings (SSSR count). The summed E-state index contributed by atoms with van der Waals surface area (Å²) in [6, 6.07) is 5.01. The Morgan fingerprint density at radius 2 is 2.05 bits per heavy atom. The molecule has 1 aromatic carbocycles. The van der Waals surface area contributed by atoms with Crippen LogP contribution in [0.15, 0.2) is 18.2 Å². The predicted octanol–water partition coefficient (Wildman–Crippen LogP) is 2.49. The maximum absolute atomic E-state index is 11.8. The maximum atomic E-state index is 11.8. The van der Waals surface area contributed by atoms with Crippen LogP contribution >= 0.6 is 0 Å². The molecule has 5 nitrogen and oxygen atoms in total. The smallest absolute Gasteiger partial charge is 0.408 e. The van der Waals surface area contributed by atoms with Gasteiger partial charge in [0, 0.05) is 0 Å². The first-order chi connectivity index (χ1) is 8.72. The highest BCUT2D eigenvalue weighted by Gasteiger charge is 2.46. The monoisotopic (exact) mass is 264 g/mol. The van der Waals surface area contributed by atoms with Gasteiger partial charge in [0.1, 0.15) is 11.4 Å². The average Bonchev–Trinajstić information content (AvgIpc) is 3.00. The Hall–Kier alpha value is -1.91. The molecule has 1 aromatic rings. The molecular formula is C14H20N2O3. The van der Waals surface area contributed by atoms with Gasteiger partial charge < -0.3 is 20.9 Å². The minimum absolute atomic E-state index is 0.0526. The molecule has 0 saturated heterocycles. The zero-order chi connectivity index (χ0) is 14.3. The zero-order valence-electron chi connectivity index (χ0n) is 11.5. The molecule has 1 aliphatic carbocycles. The fourth-order valence-electron chi connectivity index (χ4n) is 1.96. The molecule has 1 fully saturated rings. The van der Waals surface area contributed by atoms with E-state index in [1.54, 1.807) is 18.2 Å². The highest BCUT2D eigenvalue weighted by molar-refractivity contribution is 5.70. The number of carbonyl (C=O) groups is 1. The van der Waals surface area contributed by atoms with E-state index >= 15 is 0 Å². The Kier molecular flexibility index (Phi) is 3.08. The third kappa shape index (κ3) is 3.10. The number of phenols is 1. The van der Waals surface area contributed by atoms with Crippen molar-refractivity contribution in [2.24, 2.45) is 0 Å². The molecule has 0 unspecified atom stereocenters. The third-order valence-corrected chi connectivity index (χ3v) is 3.07. The van der Waals surface area contributed by atoms with E-state index < -0.39 is 17.2 Å². The van der Waals surface area contributed by atoms with Crippen molar-refractivity contribution in [3.63, 3.8) is 0 Å². The van der Waals surface area contributed by atoms with E-state index in [-0.39, 0.29) is 5.75 Å². The van der Waals surface area contributed by atoms with Crippen LogP contribution in [0.4, 0.5) is 10.5 Å². The van der Waals surface area contributed by atoms with Gasteiger partial charge in [-0.3, -0.25) is 0 Å². The first-order valence-electron chi connectivity index (χ1n) is 6.32. The van der Waals surface area contributed by atoms with Crippen LogP contribution < -0.4 is 11.1 Å². The first kappa shape index (κ1) is 13.5. The number of alkyl carbamates (subject to hydrolysis) is 1. The number of amides is 1. The molecule has 0 spiro atoms. The Bertz CT molecular complexity index is 502. The number of phenolic OH excluding ortho intramolecular Hbond substituents is 1. The van der Waals surface area contributed by atoms with Gasteiger partial charge in [0.15, 0.2) is 0 Å². The van der Waals surface area contributed by atoms with Crippen LogP contribution in [0, 0.1) is 0 Å². The van der Waals surface area contributed by atoms with Crippen LogP contribution in [-0.4, -0.2) is 16.8 Å². The number of nitrogens with one attached hydrogen (secondary N) is 1. The summed E-state index contributed by atoms with van der Waals surface area (Å²) in [5.41, 5.74) is 5.98. The Balaban J connectivity index is 2.11. The summed E-state index contributed by atoms with van der Waals surface area (Å²) in [7, 11) is 0. The number of aromatic hydroxyl groups is 1. The van der Waals surface area contributed by atoms with Crippen LogP contribution in [0.3, 0.4) is 0 Å². The topological polar surface area (TPSA) is 84.6 Å². The van der Waals surface area contributed by atoms with E-state index in [4.69, 9.17) is 10.5 Å². The van der Waals surface area contributed by atoms with Crippen LogP contribution in [0.25, 0.3) is 0 Å². The fraction of sp³-hybridized carbons (Fsp3) is 0.500. The van der Waals surface area contributed by atoms with Crippen molar-refractivity contribution >= 4 is 11.8 Å². The molecule has 0 bridgehead atoms. The molecule has 1 amide bonds. The molecule has 0 atom stereocenters. The minimum Gasteiger partial charge on any atom is -0.506 e. The Morgan fingerprint density at radius 1 is 1.42 bits per heavy atom. The number of carbonyl (C=O) groups excluding carboxylic acids is 1. The number of anilines is 1. The highest BCUT2D eigenvalue weighted by atomic mass is 16.6. The van der Waals surface area contributed by atoms with Crippen molar-refractivity contribution < 1.29 is 14.6 Å².